The quantitative estimate of drug-likeness (QED) is 0.579. The zero-order valence-corrected chi connectivity index (χ0v) is 17.0. The van der Waals surface area contributed by atoms with Gasteiger partial charge in [-0.3, -0.25) is 4.79 Å². The zero-order chi connectivity index (χ0) is 18.7. The number of hydrogen-bond acceptors (Lipinski definition) is 6. The average molecular weight is 390 g/mol. The van der Waals surface area contributed by atoms with E-state index in [0.717, 1.165) is 22.3 Å². The molecule has 0 bridgehead atoms. The fourth-order valence-corrected chi connectivity index (χ4v) is 5.55. The Kier molecular flexibility index (Phi) is 6.09. The zero-order valence-electron chi connectivity index (χ0n) is 15.4. The van der Waals surface area contributed by atoms with Gasteiger partial charge >= 0.3 is 0 Å². The maximum atomic E-state index is 12.4. The van der Waals surface area contributed by atoms with Crippen molar-refractivity contribution in [2.24, 2.45) is 0 Å². The molecule has 0 unspecified atom stereocenters. The topological polar surface area (TPSA) is 64.1 Å². The average Bonchev–Trinajstić information content (AvgIpc) is 2.94. The number of aromatic nitrogens is 2. The first-order chi connectivity index (χ1) is 12.5. The third-order valence-electron chi connectivity index (χ3n) is 4.38. The molecule has 0 radical (unpaired) electrons. The minimum absolute atomic E-state index is 0.0729. The van der Waals surface area contributed by atoms with Crippen LogP contribution in [0.4, 0.5) is 5.69 Å². The van der Waals surface area contributed by atoms with E-state index in [0.29, 0.717) is 28.4 Å². The molecule has 1 aliphatic rings. The van der Waals surface area contributed by atoms with Crippen LogP contribution in [-0.4, -0.2) is 34.0 Å². The third-order valence-corrected chi connectivity index (χ3v) is 6.61. The maximum Gasteiger partial charge on any atom is 0.234 e. The number of para-hydroxylation sites is 2. The normalized spacial score (nSPS) is 18.5. The van der Waals surface area contributed by atoms with Crippen LogP contribution in [0.15, 0.2) is 34.3 Å². The predicted molar refractivity (Wildman–Crippen MR) is 107 cm³/mol. The van der Waals surface area contributed by atoms with Gasteiger partial charge in [-0.25, -0.2) is 9.97 Å². The summed E-state index contributed by atoms with van der Waals surface area (Å²) >= 11 is 3.30. The highest BCUT2D eigenvalue weighted by Crippen LogP contribution is 2.48. The number of amides is 1. The lowest BCUT2D eigenvalue weighted by atomic mass is 9.96. The van der Waals surface area contributed by atoms with Crippen LogP contribution in [0, 0.1) is 6.92 Å². The van der Waals surface area contributed by atoms with Gasteiger partial charge in [0.25, 0.3) is 0 Å². The smallest absolute Gasteiger partial charge is 0.234 e. The van der Waals surface area contributed by atoms with Gasteiger partial charge in [-0.1, -0.05) is 37.7 Å². The largest absolute Gasteiger partial charge is 0.495 e. The van der Waals surface area contributed by atoms with Crippen molar-refractivity contribution < 1.29 is 9.53 Å². The van der Waals surface area contributed by atoms with Gasteiger partial charge in [0.05, 0.1) is 18.6 Å². The Morgan fingerprint density at radius 3 is 2.85 bits per heavy atom. The summed E-state index contributed by atoms with van der Waals surface area (Å²) in [4.78, 5) is 21.6. The molecule has 2 aromatic rings. The number of carbonyl (C=O) groups is 1. The van der Waals surface area contributed by atoms with Crippen molar-refractivity contribution in [3.63, 3.8) is 0 Å². The molecule has 2 atom stereocenters. The highest BCUT2D eigenvalue weighted by molar-refractivity contribution is 8.01. The molecule has 1 aromatic carbocycles. The lowest BCUT2D eigenvalue weighted by Crippen LogP contribution is -2.15. The summed E-state index contributed by atoms with van der Waals surface area (Å²) < 4.78 is 5.28. The maximum absolute atomic E-state index is 12.4. The lowest BCUT2D eigenvalue weighted by Gasteiger charge is -2.15. The molecule has 1 amide bonds. The number of carbonyl (C=O) groups excluding carboxylic acids is 1. The van der Waals surface area contributed by atoms with Crippen LogP contribution >= 0.6 is 23.5 Å². The number of benzene rings is 1. The van der Waals surface area contributed by atoms with Gasteiger partial charge in [0.1, 0.15) is 21.6 Å². The number of hydrogen-bond donors (Lipinski definition) is 1. The number of aryl methyl sites for hydroxylation is 1. The standard InChI is InChI=1S/C19H23N3O2S2/c1-5-13-11(2)26-19-17(13)18(20-12(3)21-19)25-10-16(23)22-14-8-6-7-9-15(14)24-4/h6-9,11,13H,5,10H2,1-4H3,(H,22,23)/t11-,13-/m1/s1. The first-order valence-corrected chi connectivity index (χ1v) is 10.5. The fourth-order valence-electron chi connectivity index (χ4n) is 3.14. The summed E-state index contributed by atoms with van der Waals surface area (Å²) in [5.41, 5.74) is 1.89. The van der Waals surface area contributed by atoms with Crippen molar-refractivity contribution in [2.75, 3.05) is 18.2 Å². The number of nitrogens with zero attached hydrogens (tertiary/aromatic N) is 2. The molecule has 138 valence electrons. The number of rotatable bonds is 6. The van der Waals surface area contributed by atoms with Gasteiger partial charge in [-0.05, 0) is 25.5 Å². The Morgan fingerprint density at radius 1 is 1.35 bits per heavy atom. The highest BCUT2D eigenvalue weighted by atomic mass is 32.2. The second-order valence-corrected chi connectivity index (χ2v) is 8.50. The molecule has 1 aromatic heterocycles. The van der Waals surface area contributed by atoms with Gasteiger partial charge in [-0.15, -0.1) is 11.8 Å². The van der Waals surface area contributed by atoms with Crippen molar-refractivity contribution in [2.45, 2.75) is 48.4 Å². The summed E-state index contributed by atoms with van der Waals surface area (Å²) in [6.07, 6.45) is 1.05. The van der Waals surface area contributed by atoms with Gasteiger partial charge in [0.2, 0.25) is 5.91 Å². The summed E-state index contributed by atoms with van der Waals surface area (Å²) in [6.45, 7) is 6.34. The predicted octanol–water partition coefficient (Wildman–Crippen LogP) is 4.51. The van der Waals surface area contributed by atoms with Crippen LogP contribution in [0.2, 0.25) is 0 Å². The van der Waals surface area contributed by atoms with Gasteiger partial charge in [0, 0.05) is 16.7 Å². The SMILES string of the molecule is CC[C@H]1c2c(SCC(=O)Nc3ccccc3OC)nc(C)nc2S[C@@H]1C. The molecule has 0 saturated heterocycles. The molecule has 2 heterocycles. The molecule has 7 heteroatoms. The highest BCUT2D eigenvalue weighted by Gasteiger charge is 2.33. The van der Waals surface area contributed by atoms with E-state index in [-0.39, 0.29) is 5.91 Å². The number of thioether (sulfide) groups is 2. The molecular weight excluding hydrogens is 366 g/mol. The Hall–Kier alpha value is -1.73. The molecule has 26 heavy (non-hydrogen) atoms. The number of fused-ring (bicyclic) bond motifs is 1. The van der Waals surface area contributed by atoms with E-state index in [4.69, 9.17) is 4.74 Å². The number of nitrogens with one attached hydrogen (secondary N) is 1. The molecule has 1 N–H and O–H groups in total. The van der Waals surface area contributed by atoms with Gasteiger partial charge in [-0.2, -0.15) is 0 Å². The van der Waals surface area contributed by atoms with E-state index < -0.39 is 0 Å². The number of anilines is 1. The Morgan fingerprint density at radius 2 is 2.12 bits per heavy atom. The van der Waals surface area contributed by atoms with Gasteiger partial charge < -0.3 is 10.1 Å². The second-order valence-electron chi connectivity index (χ2n) is 6.17. The van der Waals surface area contributed by atoms with Crippen molar-refractivity contribution in [3.05, 3.63) is 35.7 Å². The molecular formula is C19H23N3O2S2. The van der Waals surface area contributed by atoms with Crippen LogP contribution in [0.5, 0.6) is 5.75 Å². The Labute approximate surface area is 162 Å². The monoisotopic (exact) mass is 389 g/mol. The third kappa shape index (κ3) is 3.99. The van der Waals surface area contributed by atoms with Crippen LogP contribution in [0.1, 0.15) is 37.6 Å². The van der Waals surface area contributed by atoms with E-state index in [1.54, 1.807) is 7.11 Å². The lowest BCUT2D eigenvalue weighted by molar-refractivity contribution is -0.113. The minimum atomic E-state index is -0.0729. The van der Waals surface area contributed by atoms with Crippen LogP contribution in [0.3, 0.4) is 0 Å². The van der Waals surface area contributed by atoms with E-state index in [2.05, 4.69) is 29.1 Å². The van der Waals surface area contributed by atoms with E-state index in [9.17, 15) is 4.79 Å². The van der Waals surface area contributed by atoms with Crippen molar-refractivity contribution in [3.8, 4) is 5.75 Å². The molecule has 0 aliphatic carbocycles. The first kappa shape index (κ1) is 19.0. The van der Waals surface area contributed by atoms with Crippen molar-refractivity contribution in [1.82, 2.24) is 9.97 Å². The van der Waals surface area contributed by atoms with Crippen molar-refractivity contribution >= 4 is 35.1 Å². The summed E-state index contributed by atoms with van der Waals surface area (Å²) in [5.74, 6) is 2.08. The Balaban J connectivity index is 1.73. The van der Waals surface area contributed by atoms with E-state index in [1.165, 1.54) is 17.3 Å². The van der Waals surface area contributed by atoms with Gasteiger partial charge in [0.15, 0.2) is 0 Å². The molecule has 0 saturated carbocycles. The second kappa shape index (κ2) is 8.31. The van der Waals surface area contributed by atoms with Crippen LogP contribution < -0.4 is 10.1 Å². The molecule has 5 nitrogen and oxygen atoms in total. The van der Waals surface area contributed by atoms with Crippen LogP contribution in [-0.2, 0) is 4.79 Å². The number of ether oxygens (including phenoxy) is 1. The summed E-state index contributed by atoms with van der Waals surface area (Å²) in [7, 11) is 1.59. The van der Waals surface area contributed by atoms with E-state index >= 15 is 0 Å². The molecule has 1 aliphatic heterocycles. The van der Waals surface area contributed by atoms with Crippen LogP contribution in [0.25, 0.3) is 0 Å². The Bertz CT molecular complexity index is 813. The summed E-state index contributed by atoms with van der Waals surface area (Å²) in [6, 6.07) is 7.41. The molecule has 3 rings (SSSR count). The molecule has 0 fully saturated rings. The fraction of sp³-hybridized carbons (Fsp3) is 0.421. The molecule has 0 spiro atoms. The number of methoxy groups -OCH3 is 1. The minimum Gasteiger partial charge on any atom is -0.495 e. The first-order valence-electron chi connectivity index (χ1n) is 8.64. The summed E-state index contributed by atoms with van der Waals surface area (Å²) in [5, 5.41) is 5.42. The van der Waals surface area contributed by atoms with E-state index in [1.807, 2.05) is 43.0 Å². The van der Waals surface area contributed by atoms with Crippen molar-refractivity contribution in [1.29, 1.82) is 0 Å².